The molecule has 2 aromatic rings. The maximum Gasteiger partial charge on any atom is 0.264 e. The van der Waals surface area contributed by atoms with Crippen LogP contribution in [0.4, 0.5) is 5.69 Å². The number of hydrogen-bond acceptors (Lipinski definition) is 5. The predicted molar refractivity (Wildman–Crippen MR) is 112 cm³/mol. The van der Waals surface area contributed by atoms with E-state index in [0.29, 0.717) is 17.9 Å². The van der Waals surface area contributed by atoms with Crippen molar-refractivity contribution >= 4 is 27.4 Å². The third-order valence-electron chi connectivity index (χ3n) is 4.17. The van der Waals surface area contributed by atoms with Gasteiger partial charge in [-0.05, 0) is 56.2 Å². The predicted octanol–water partition coefficient (Wildman–Crippen LogP) is 3.24. The van der Waals surface area contributed by atoms with E-state index in [4.69, 9.17) is 10.5 Å². The van der Waals surface area contributed by atoms with E-state index in [2.05, 4.69) is 0 Å². The fraction of sp³-hybridized carbons (Fsp3) is 0.333. The summed E-state index contributed by atoms with van der Waals surface area (Å²) in [6, 6.07) is 10.3. The van der Waals surface area contributed by atoms with Crippen molar-refractivity contribution in [3.63, 3.8) is 0 Å². The minimum absolute atomic E-state index is 0.0143. The molecule has 7 nitrogen and oxygen atoms in total. The minimum Gasteiger partial charge on any atom is -0.492 e. The Morgan fingerprint density at radius 3 is 2.34 bits per heavy atom. The van der Waals surface area contributed by atoms with Gasteiger partial charge in [0.05, 0.1) is 17.2 Å². The van der Waals surface area contributed by atoms with Crippen molar-refractivity contribution in [1.29, 1.82) is 0 Å². The number of hydrogen-bond donors (Lipinski definition) is 1. The van der Waals surface area contributed by atoms with Crippen LogP contribution in [0.15, 0.2) is 47.4 Å². The molecule has 1 amide bonds. The summed E-state index contributed by atoms with van der Waals surface area (Å²) in [6.45, 7) is 7.47. The van der Waals surface area contributed by atoms with E-state index in [0.717, 1.165) is 0 Å². The number of nitrogens with two attached hydrogens (primary N) is 1. The molecule has 0 bridgehead atoms. The van der Waals surface area contributed by atoms with Gasteiger partial charge in [-0.25, -0.2) is 8.42 Å². The molecule has 0 radical (unpaired) electrons. The van der Waals surface area contributed by atoms with E-state index in [1.807, 2.05) is 13.8 Å². The third kappa shape index (κ3) is 5.14. The number of rotatable bonds is 9. The second-order valence-corrected chi connectivity index (χ2v) is 8.86. The molecule has 0 heterocycles. The summed E-state index contributed by atoms with van der Waals surface area (Å²) >= 11 is 0. The van der Waals surface area contributed by atoms with Crippen molar-refractivity contribution in [1.82, 2.24) is 0 Å². The summed E-state index contributed by atoms with van der Waals surface area (Å²) in [4.78, 5) is 23.3. The van der Waals surface area contributed by atoms with Crippen LogP contribution in [0.2, 0.25) is 0 Å². The molecule has 0 atom stereocenters. The van der Waals surface area contributed by atoms with Gasteiger partial charge in [0.25, 0.3) is 10.0 Å². The smallest absolute Gasteiger partial charge is 0.264 e. The van der Waals surface area contributed by atoms with E-state index in [-0.39, 0.29) is 34.4 Å². The van der Waals surface area contributed by atoms with Crippen molar-refractivity contribution in [2.45, 2.75) is 32.6 Å². The first-order chi connectivity index (χ1) is 13.6. The Morgan fingerprint density at radius 2 is 1.79 bits per heavy atom. The zero-order valence-corrected chi connectivity index (χ0v) is 17.8. The van der Waals surface area contributed by atoms with Crippen molar-refractivity contribution in [3.05, 3.63) is 53.6 Å². The number of nitrogens with zero attached hydrogens (tertiary/aromatic N) is 1. The monoisotopic (exact) mass is 418 g/mol. The van der Waals surface area contributed by atoms with Gasteiger partial charge in [0.1, 0.15) is 5.75 Å². The lowest BCUT2D eigenvalue weighted by atomic mass is 10.1. The lowest BCUT2D eigenvalue weighted by Crippen LogP contribution is -2.35. The van der Waals surface area contributed by atoms with Crippen LogP contribution in [-0.2, 0) is 10.0 Å². The van der Waals surface area contributed by atoms with Gasteiger partial charge in [0.15, 0.2) is 5.78 Å². The summed E-state index contributed by atoms with van der Waals surface area (Å²) in [5.74, 6) is -0.565. The van der Waals surface area contributed by atoms with Crippen LogP contribution in [0, 0.1) is 5.92 Å². The maximum atomic E-state index is 13.5. The quantitative estimate of drug-likeness (QED) is 0.629. The summed E-state index contributed by atoms with van der Waals surface area (Å²) < 4.78 is 33.9. The molecule has 0 aliphatic carbocycles. The first kappa shape index (κ1) is 22.4. The molecule has 0 spiro atoms. The molecule has 0 aliphatic heterocycles. The van der Waals surface area contributed by atoms with E-state index >= 15 is 0 Å². The molecule has 0 aromatic heterocycles. The SMILES string of the molecule is CCOc1ccc(C(C)=O)cc1N(CC(C)C)S(=O)(=O)c1cccc(C(N)=O)c1. The molecule has 0 unspecified atom stereocenters. The van der Waals surface area contributed by atoms with Gasteiger partial charge < -0.3 is 10.5 Å². The Morgan fingerprint density at radius 1 is 1.10 bits per heavy atom. The van der Waals surface area contributed by atoms with E-state index < -0.39 is 15.9 Å². The molecule has 156 valence electrons. The summed E-state index contributed by atoms with van der Waals surface area (Å²) in [6.07, 6.45) is 0. The van der Waals surface area contributed by atoms with E-state index in [1.165, 1.54) is 41.6 Å². The second-order valence-electron chi connectivity index (χ2n) is 6.99. The van der Waals surface area contributed by atoms with Gasteiger partial charge in [0.2, 0.25) is 5.91 Å². The van der Waals surface area contributed by atoms with Crippen molar-refractivity contribution in [2.75, 3.05) is 17.5 Å². The Hall–Kier alpha value is -2.87. The number of sulfonamides is 1. The van der Waals surface area contributed by atoms with Gasteiger partial charge in [-0.3, -0.25) is 13.9 Å². The number of Topliss-reactive ketones (excluding diaryl/α,β-unsaturated/α-hetero) is 1. The maximum absolute atomic E-state index is 13.5. The molecular formula is C21H26N2O5S. The minimum atomic E-state index is -4.05. The summed E-state index contributed by atoms with van der Waals surface area (Å²) in [5, 5.41) is 0. The van der Waals surface area contributed by atoms with E-state index in [1.54, 1.807) is 19.1 Å². The van der Waals surface area contributed by atoms with Crippen LogP contribution < -0.4 is 14.8 Å². The number of carbonyl (C=O) groups excluding carboxylic acids is 2. The van der Waals surface area contributed by atoms with Crippen LogP contribution in [0.25, 0.3) is 0 Å². The number of ketones is 1. The molecule has 29 heavy (non-hydrogen) atoms. The Labute approximate surface area is 171 Å². The highest BCUT2D eigenvalue weighted by Gasteiger charge is 2.29. The Kier molecular flexibility index (Phi) is 7.02. The second kappa shape index (κ2) is 9.09. The largest absolute Gasteiger partial charge is 0.492 e. The van der Waals surface area contributed by atoms with Crippen LogP contribution in [0.1, 0.15) is 48.4 Å². The van der Waals surface area contributed by atoms with E-state index in [9.17, 15) is 18.0 Å². The number of benzene rings is 2. The molecular weight excluding hydrogens is 392 g/mol. The Bertz CT molecular complexity index is 1020. The van der Waals surface area contributed by atoms with Crippen molar-refractivity contribution in [2.24, 2.45) is 11.7 Å². The zero-order valence-electron chi connectivity index (χ0n) is 17.0. The van der Waals surface area contributed by atoms with Crippen molar-refractivity contribution < 1.29 is 22.7 Å². The molecule has 2 N–H and O–H groups in total. The molecule has 2 aromatic carbocycles. The first-order valence-corrected chi connectivity index (χ1v) is 10.7. The molecule has 8 heteroatoms. The van der Waals surface area contributed by atoms with Gasteiger partial charge in [0, 0.05) is 17.7 Å². The number of primary amides is 1. The highest BCUT2D eigenvalue weighted by Crippen LogP contribution is 2.34. The zero-order chi connectivity index (χ0) is 21.8. The molecule has 2 rings (SSSR count). The normalized spacial score (nSPS) is 11.3. The van der Waals surface area contributed by atoms with Crippen LogP contribution >= 0.6 is 0 Å². The fourth-order valence-electron chi connectivity index (χ4n) is 2.80. The highest BCUT2D eigenvalue weighted by atomic mass is 32.2. The topological polar surface area (TPSA) is 107 Å². The van der Waals surface area contributed by atoms with Crippen LogP contribution in [0.3, 0.4) is 0 Å². The molecule has 0 saturated carbocycles. The Balaban J connectivity index is 2.71. The number of anilines is 1. The average molecular weight is 419 g/mol. The summed E-state index contributed by atoms with van der Waals surface area (Å²) in [5.41, 5.74) is 6.05. The lowest BCUT2D eigenvalue weighted by molar-refractivity contribution is 0.0996. The number of ether oxygens (including phenoxy) is 1. The summed E-state index contributed by atoms with van der Waals surface area (Å²) in [7, 11) is -4.05. The van der Waals surface area contributed by atoms with Gasteiger partial charge >= 0.3 is 0 Å². The van der Waals surface area contributed by atoms with Crippen LogP contribution in [-0.4, -0.2) is 33.3 Å². The molecule has 0 aliphatic rings. The lowest BCUT2D eigenvalue weighted by Gasteiger charge is -2.28. The molecule has 0 saturated heterocycles. The average Bonchev–Trinajstić information content (AvgIpc) is 2.66. The van der Waals surface area contributed by atoms with Crippen molar-refractivity contribution in [3.8, 4) is 5.75 Å². The number of amides is 1. The standard InChI is InChI=1S/C21H26N2O5S/c1-5-28-20-10-9-16(15(4)24)12-19(20)23(13-14(2)3)29(26,27)18-8-6-7-17(11-18)21(22)25/h6-12,14H,5,13H2,1-4H3,(H2,22,25). The molecule has 0 fully saturated rings. The highest BCUT2D eigenvalue weighted by molar-refractivity contribution is 7.92. The fourth-order valence-corrected chi connectivity index (χ4v) is 4.48. The third-order valence-corrected chi connectivity index (χ3v) is 5.95. The van der Waals surface area contributed by atoms with Crippen LogP contribution in [0.5, 0.6) is 5.75 Å². The first-order valence-electron chi connectivity index (χ1n) is 9.28. The van der Waals surface area contributed by atoms with Gasteiger partial charge in [-0.1, -0.05) is 19.9 Å². The van der Waals surface area contributed by atoms with Gasteiger partial charge in [-0.2, -0.15) is 0 Å². The number of carbonyl (C=O) groups is 2. The van der Waals surface area contributed by atoms with Gasteiger partial charge in [-0.15, -0.1) is 0 Å².